The predicted octanol–water partition coefficient (Wildman–Crippen LogP) is 3.56. The second-order valence-electron chi connectivity index (χ2n) is 7.88. The first-order valence-electron chi connectivity index (χ1n) is 10.1. The van der Waals surface area contributed by atoms with Gasteiger partial charge in [-0.2, -0.15) is 0 Å². The van der Waals surface area contributed by atoms with Crippen molar-refractivity contribution in [3.63, 3.8) is 0 Å². The molecule has 0 atom stereocenters. The number of para-hydroxylation sites is 1. The molecular formula is C22H30N4O. The summed E-state index contributed by atoms with van der Waals surface area (Å²) in [6, 6.07) is 8.29. The minimum atomic E-state index is 0.486. The van der Waals surface area contributed by atoms with Gasteiger partial charge in [-0.05, 0) is 58.8 Å². The minimum Gasteiger partial charge on any atom is -0.496 e. The number of rotatable bonds is 4. The Hall–Kier alpha value is -2.14. The van der Waals surface area contributed by atoms with Crippen molar-refractivity contribution >= 4 is 5.82 Å². The van der Waals surface area contributed by atoms with Crippen molar-refractivity contribution < 1.29 is 4.74 Å². The molecule has 0 spiro atoms. The number of aryl methyl sites for hydroxylation is 1. The molecular weight excluding hydrogens is 336 g/mol. The molecule has 1 aromatic carbocycles. The maximum absolute atomic E-state index is 5.56. The SMILES string of the molecule is COc1ccccc1CN1CCCc2c(C)nc(C3CCN(C)CC3)nc21. The summed E-state index contributed by atoms with van der Waals surface area (Å²) in [5.74, 6) is 3.63. The Bertz CT molecular complexity index is 799. The van der Waals surface area contributed by atoms with Gasteiger partial charge in [0.1, 0.15) is 17.4 Å². The van der Waals surface area contributed by atoms with Crippen LogP contribution in [0.2, 0.25) is 0 Å². The maximum Gasteiger partial charge on any atom is 0.136 e. The molecule has 1 aromatic heterocycles. The van der Waals surface area contributed by atoms with E-state index in [-0.39, 0.29) is 0 Å². The molecule has 5 heteroatoms. The van der Waals surface area contributed by atoms with Gasteiger partial charge >= 0.3 is 0 Å². The van der Waals surface area contributed by atoms with Crippen LogP contribution in [0.15, 0.2) is 24.3 Å². The number of benzene rings is 1. The molecule has 1 fully saturated rings. The van der Waals surface area contributed by atoms with Crippen LogP contribution in [0.5, 0.6) is 5.75 Å². The first kappa shape index (κ1) is 18.2. The van der Waals surface area contributed by atoms with Gasteiger partial charge in [-0.3, -0.25) is 0 Å². The Morgan fingerprint density at radius 2 is 1.89 bits per heavy atom. The summed E-state index contributed by atoms with van der Waals surface area (Å²) in [5.41, 5.74) is 3.71. The van der Waals surface area contributed by atoms with Crippen LogP contribution >= 0.6 is 0 Å². The monoisotopic (exact) mass is 366 g/mol. The summed E-state index contributed by atoms with van der Waals surface area (Å²) < 4.78 is 5.56. The zero-order valence-corrected chi connectivity index (χ0v) is 16.7. The standard InChI is InChI=1S/C22H30N4O/c1-16-19-8-6-12-26(15-18-7-4-5-9-20(18)27-3)22(19)24-21(23-16)17-10-13-25(2)14-11-17/h4-5,7,9,17H,6,8,10-15H2,1-3H3. The summed E-state index contributed by atoms with van der Waals surface area (Å²) >= 11 is 0. The molecule has 144 valence electrons. The largest absolute Gasteiger partial charge is 0.496 e. The van der Waals surface area contributed by atoms with E-state index in [1.54, 1.807) is 7.11 Å². The fraction of sp³-hybridized carbons (Fsp3) is 0.545. The molecule has 0 saturated carbocycles. The number of piperidine rings is 1. The Labute approximate surface area is 162 Å². The average molecular weight is 367 g/mol. The van der Waals surface area contributed by atoms with Crippen molar-refractivity contribution in [1.82, 2.24) is 14.9 Å². The van der Waals surface area contributed by atoms with Gasteiger partial charge in [0.25, 0.3) is 0 Å². The van der Waals surface area contributed by atoms with E-state index in [4.69, 9.17) is 14.7 Å². The van der Waals surface area contributed by atoms with Gasteiger partial charge in [0, 0.05) is 35.8 Å². The van der Waals surface area contributed by atoms with E-state index in [0.717, 1.165) is 69.3 Å². The van der Waals surface area contributed by atoms with Gasteiger partial charge in [-0.15, -0.1) is 0 Å². The smallest absolute Gasteiger partial charge is 0.136 e. The van der Waals surface area contributed by atoms with Gasteiger partial charge in [0.05, 0.1) is 7.11 Å². The molecule has 1 saturated heterocycles. The van der Waals surface area contributed by atoms with Crippen LogP contribution in [0.25, 0.3) is 0 Å². The molecule has 5 nitrogen and oxygen atoms in total. The van der Waals surface area contributed by atoms with E-state index in [1.807, 2.05) is 12.1 Å². The van der Waals surface area contributed by atoms with Crippen molar-refractivity contribution in [2.24, 2.45) is 0 Å². The Morgan fingerprint density at radius 1 is 1.11 bits per heavy atom. The fourth-order valence-electron chi connectivity index (χ4n) is 4.35. The Balaban J connectivity index is 1.64. The lowest BCUT2D eigenvalue weighted by molar-refractivity contribution is 0.251. The highest BCUT2D eigenvalue weighted by atomic mass is 16.5. The quantitative estimate of drug-likeness (QED) is 0.828. The third-order valence-electron chi connectivity index (χ3n) is 6.00. The predicted molar refractivity (Wildman–Crippen MR) is 109 cm³/mol. The number of fused-ring (bicyclic) bond motifs is 1. The summed E-state index contributed by atoms with van der Waals surface area (Å²) in [6.07, 6.45) is 4.54. The van der Waals surface area contributed by atoms with Gasteiger partial charge < -0.3 is 14.5 Å². The van der Waals surface area contributed by atoms with Crippen molar-refractivity contribution in [3.8, 4) is 5.75 Å². The molecule has 4 rings (SSSR count). The van der Waals surface area contributed by atoms with E-state index in [2.05, 4.69) is 35.9 Å². The molecule has 0 radical (unpaired) electrons. The van der Waals surface area contributed by atoms with Gasteiger partial charge in [-0.25, -0.2) is 9.97 Å². The normalized spacial score (nSPS) is 18.4. The molecule has 27 heavy (non-hydrogen) atoms. The van der Waals surface area contributed by atoms with Crippen molar-refractivity contribution in [3.05, 3.63) is 46.9 Å². The lowest BCUT2D eigenvalue weighted by Gasteiger charge is -2.33. The average Bonchev–Trinajstić information content (AvgIpc) is 2.69. The van der Waals surface area contributed by atoms with E-state index < -0.39 is 0 Å². The van der Waals surface area contributed by atoms with Gasteiger partial charge in [-0.1, -0.05) is 18.2 Å². The van der Waals surface area contributed by atoms with Crippen molar-refractivity contribution in [1.29, 1.82) is 0 Å². The van der Waals surface area contributed by atoms with Crippen molar-refractivity contribution in [2.45, 2.75) is 45.1 Å². The number of methoxy groups -OCH3 is 1. The van der Waals surface area contributed by atoms with Crippen LogP contribution < -0.4 is 9.64 Å². The van der Waals surface area contributed by atoms with Crippen LogP contribution in [-0.4, -0.2) is 48.7 Å². The highest BCUT2D eigenvalue weighted by molar-refractivity contribution is 5.52. The van der Waals surface area contributed by atoms with Crippen LogP contribution in [0.1, 0.15) is 47.8 Å². The number of nitrogens with zero attached hydrogens (tertiary/aromatic N) is 4. The fourth-order valence-corrected chi connectivity index (χ4v) is 4.35. The third kappa shape index (κ3) is 3.79. The van der Waals surface area contributed by atoms with E-state index in [0.29, 0.717) is 5.92 Å². The highest BCUT2D eigenvalue weighted by Crippen LogP contribution is 2.33. The number of anilines is 1. The zero-order chi connectivity index (χ0) is 18.8. The van der Waals surface area contributed by atoms with E-state index in [1.165, 1.54) is 16.8 Å². The number of hydrogen-bond acceptors (Lipinski definition) is 5. The third-order valence-corrected chi connectivity index (χ3v) is 6.00. The van der Waals surface area contributed by atoms with Crippen molar-refractivity contribution in [2.75, 3.05) is 38.7 Å². The molecule has 2 aliphatic heterocycles. The number of hydrogen-bond donors (Lipinski definition) is 0. The molecule has 2 aliphatic rings. The molecule has 0 bridgehead atoms. The minimum absolute atomic E-state index is 0.486. The maximum atomic E-state index is 5.56. The second kappa shape index (κ2) is 7.85. The highest BCUT2D eigenvalue weighted by Gasteiger charge is 2.26. The number of aromatic nitrogens is 2. The van der Waals surface area contributed by atoms with Crippen LogP contribution in [0, 0.1) is 6.92 Å². The number of ether oxygens (including phenoxy) is 1. The summed E-state index contributed by atoms with van der Waals surface area (Å²) in [6.45, 7) is 6.30. The molecule has 2 aromatic rings. The summed E-state index contributed by atoms with van der Waals surface area (Å²) in [7, 11) is 3.94. The van der Waals surface area contributed by atoms with Gasteiger partial charge in [0.15, 0.2) is 0 Å². The van der Waals surface area contributed by atoms with Crippen LogP contribution in [-0.2, 0) is 13.0 Å². The Kier molecular flexibility index (Phi) is 5.30. The van der Waals surface area contributed by atoms with E-state index in [9.17, 15) is 0 Å². The topological polar surface area (TPSA) is 41.5 Å². The van der Waals surface area contributed by atoms with Crippen LogP contribution in [0.3, 0.4) is 0 Å². The molecule has 0 aliphatic carbocycles. The van der Waals surface area contributed by atoms with E-state index >= 15 is 0 Å². The lowest BCUT2D eigenvalue weighted by Crippen LogP contribution is -2.33. The Morgan fingerprint density at radius 3 is 2.67 bits per heavy atom. The van der Waals surface area contributed by atoms with Crippen LogP contribution in [0.4, 0.5) is 5.82 Å². The summed E-state index contributed by atoms with van der Waals surface area (Å²) in [4.78, 5) is 14.9. The van der Waals surface area contributed by atoms with Gasteiger partial charge in [0.2, 0.25) is 0 Å². The summed E-state index contributed by atoms with van der Waals surface area (Å²) in [5, 5.41) is 0. The first-order valence-corrected chi connectivity index (χ1v) is 10.1. The molecule has 0 unspecified atom stereocenters. The zero-order valence-electron chi connectivity index (χ0n) is 16.7. The first-order chi connectivity index (χ1) is 13.2. The molecule has 3 heterocycles. The molecule has 0 N–H and O–H groups in total. The lowest BCUT2D eigenvalue weighted by atomic mass is 9.95. The number of likely N-dealkylation sites (tertiary alicyclic amines) is 1. The molecule has 0 amide bonds. The second-order valence-corrected chi connectivity index (χ2v) is 7.88.